The van der Waals surface area contributed by atoms with Crippen molar-refractivity contribution in [1.82, 2.24) is 5.32 Å². The minimum Gasteiger partial charge on any atom is -0.316 e. The molecule has 13 heavy (non-hydrogen) atoms. The van der Waals surface area contributed by atoms with Crippen LogP contribution in [0.3, 0.4) is 0 Å². The van der Waals surface area contributed by atoms with E-state index in [0.29, 0.717) is 5.41 Å². The van der Waals surface area contributed by atoms with E-state index in [2.05, 4.69) is 52.6 Å². The topological polar surface area (TPSA) is 12.0 Å². The molecule has 0 amide bonds. The minimum absolute atomic E-state index is 0.136. The summed E-state index contributed by atoms with van der Waals surface area (Å²) in [6.45, 7) is 13.4. The van der Waals surface area contributed by atoms with Crippen molar-refractivity contribution >= 4 is 12.6 Å². The molecule has 0 aromatic rings. The molecule has 0 aromatic heterocycles. The van der Waals surface area contributed by atoms with Crippen LogP contribution >= 0.6 is 12.6 Å². The summed E-state index contributed by atoms with van der Waals surface area (Å²) in [5.41, 5.74) is 0.348. The Kier molecular flexibility index (Phi) is 5.38. The van der Waals surface area contributed by atoms with Crippen molar-refractivity contribution in [3.8, 4) is 0 Å². The van der Waals surface area contributed by atoms with Crippen molar-refractivity contribution in [2.24, 2.45) is 5.41 Å². The van der Waals surface area contributed by atoms with Gasteiger partial charge in [0, 0.05) is 11.3 Å². The molecule has 0 heterocycles. The van der Waals surface area contributed by atoms with Crippen LogP contribution in [0, 0.1) is 5.41 Å². The van der Waals surface area contributed by atoms with E-state index >= 15 is 0 Å². The first-order valence-electron chi connectivity index (χ1n) is 5.20. The predicted molar refractivity (Wildman–Crippen MR) is 64.6 cm³/mol. The Morgan fingerprint density at radius 1 is 1.15 bits per heavy atom. The number of hydrogen-bond donors (Lipinski definition) is 2. The van der Waals surface area contributed by atoms with Crippen molar-refractivity contribution in [2.75, 3.05) is 13.1 Å². The molecule has 80 valence electrons. The summed E-state index contributed by atoms with van der Waals surface area (Å²) in [4.78, 5) is 0. The van der Waals surface area contributed by atoms with Gasteiger partial charge in [0.2, 0.25) is 0 Å². The molecule has 0 aliphatic rings. The molecule has 0 aliphatic carbocycles. The third kappa shape index (κ3) is 8.63. The number of thiol groups is 1. The predicted octanol–water partition coefficient (Wildman–Crippen LogP) is 3.11. The molecule has 0 aromatic carbocycles. The van der Waals surface area contributed by atoms with Crippen LogP contribution in [0.25, 0.3) is 0 Å². The molecule has 0 saturated heterocycles. The van der Waals surface area contributed by atoms with Crippen LogP contribution in [0.1, 0.15) is 47.5 Å². The molecular weight excluding hydrogens is 178 g/mol. The van der Waals surface area contributed by atoms with Crippen LogP contribution < -0.4 is 5.32 Å². The van der Waals surface area contributed by atoms with Gasteiger partial charge in [-0.05, 0) is 24.8 Å². The smallest absolute Gasteiger partial charge is 0.00787 e. The van der Waals surface area contributed by atoms with E-state index in [0.717, 1.165) is 19.5 Å². The quantitative estimate of drug-likeness (QED) is 0.499. The van der Waals surface area contributed by atoms with Gasteiger partial charge in [0.15, 0.2) is 0 Å². The molecule has 0 spiro atoms. The summed E-state index contributed by atoms with van der Waals surface area (Å²) in [6, 6.07) is 0. The zero-order chi connectivity index (χ0) is 10.5. The molecule has 0 aliphatic heterocycles. The fourth-order valence-corrected chi connectivity index (χ4v) is 2.27. The largest absolute Gasteiger partial charge is 0.316 e. The fraction of sp³-hybridized carbons (Fsp3) is 1.00. The molecule has 0 radical (unpaired) electrons. The van der Waals surface area contributed by atoms with Crippen LogP contribution in [0.4, 0.5) is 0 Å². The van der Waals surface area contributed by atoms with E-state index in [1.165, 1.54) is 6.42 Å². The Hall–Kier alpha value is 0.310. The normalized spacial score (nSPS) is 13.4. The average Bonchev–Trinajstić information content (AvgIpc) is 1.81. The Morgan fingerprint density at radius 3 is 2.08 bits per heavy atom. The second-order valence-electron chi connectivity index (χ2n) is 5.33. The highest BCUT2D eigenvalue weighted by atomic mass is 32.1. The standard InChI is InChI=1S/C11H25NS/c1-6-7-12-9-10(2,3)8-11(4,5)13/h12-13H,6-9H2,1-5H3. The third-order valence-corrected chi connectivity index (χ3v) is 2.10. The maximum Gasteiger partial charge on any atom is 0.00787 e. The fourth-order valence-electron chi connectivity index (χ4n) is 1.84. The molecule has 2 heteroatoms. The van der Waals surface area contributed by atoms with Gasteiger partial charge in [-0.2, -0.15) is 12.6 Å². The average molecular weight is 203 g/mol. The van der Waals surface area contributed by atoms with Gasteiger partial charge in [0.05, 0.1) is 0 Å². The molecule has 0 unspecified atom stereocenters. The SMILES string of the molecule is CCCNCC(C)(C)CC(C)(C)S. The molecule has 0 atom stereocenters. The second-order valence-corrected chi connectivity index (χ2v) is 6.54. The van der Waals surface area contributed by atoms with Crippen molar-refractivity contribution < 1.29 is 0 Å². The summed E-state index contributed by atoms with van der Waals surface area (Å²) in [5, 5.41) is 3.46. The zero-order valence-corrected chi connectivity index (χ0v) is 10.7. The van der Waals surface area contributed by atoms with E-state index in [9.17, 15) is 0 Å². The molecule has 1 nitrogen and oxygen atoms in total. The first-order chi connectivity index (χ1) is 5.77. The Balaban J connectivity index is 3.80. The van der Waals surface area contributed by atoms with E-state index in [-0.39, 0.29) is 4.75 Å². The zero-order valence-electron chi connectivity index (χ0n) is 9.78. The van der Waals surface area contributed by atoms with Crippen LogP contribution in [0.2, 0.25) is 0 Å². The first kappa shape index (κ1) is 13.3. The van der Waals surface area contributed by atoms with Gasteiger partial charge in [0.25, 0.3) is 0 Å². The molecule has 0 bridgehead atoms. The maximum absolute atomic E-state index is 4.57. The number of nitrogens with one attached hydrogen (secondary N) is 1. The molecule has 0 saturated carbocycles. The van der Waals surface area contributed by atoms with Crippen LogP contribution in [-0.2, 0) is 0 Å². The Morgan fingerprint density at radius 2 is 1.69 bits per heavy atom. The van der Waals surface area contributed by atoms with Crippen LogP contribution in [0.5, 0.6) is 0 Å². The third-order valence-electron chi connectivity index (χ3n) is 1.94. The van der Waals surface area contributed by atoms with Crippen molar-refractivity contribution in [2.45, 2.75) is 52.2 Å². The van der Waals surface area contributed by atoms with Gasteiger partial charge >= 0.3 is 0 Å². The van der Waals surface area contributed by atoms with Crippen LogP contribution in [-0.4, -0.2) is 17.8 Å². The highest BCUT2D eigenvalue weighted by Crippen LogP contribution is 2.30. The van der Waals surface area contributed by atoms with E-state index in [1.807, 2.05) is 0 Å². The maximum atomic E-state index is 4.57. The van der Waals surface area contributed by atoms with Crippen LogP contribution in [0.15, 0.2) is 0 Å². The Bertz CT molecular complexity index is 136. The summed E-state index contributed by atoms with van der Waals surface area (Å²) < 4.78 is 0.136. The molecule has 0 fully saturated rings. The van der Waals surface area contributed by atoms with Gasteiger partial charge in [-0.1, -0.05) is 34.6 Å². The van der Waals surface area contributed by atoms with Gasteiger partial charge in [-0.25, -0.2) is 0 Å². The summed E-state index contributed by atoms with van der Waals surface area (Å²) in [6.07, 6.45) is 2.35. The van der Waals surface area contributed by atoms with Gasteiger partial charge in [0.1, 0.15) is 0 Å². The lowest BCUT2D eigenvalue weighted by molar-refractivity contribution is 0.289. The van der Waals surface area contributed by atoms with Gasteiger partial charge < -0.3 is 5.32 Å². The van der Waals surface area contributed by atoms with E-state index in [1.54, 1.807) is 0 Å². The summed E-state index contributed by atoms with van der Waals surface area (Å²) >= 11 is 4.57. The van der Waals surface area contributed by atoms with Crippen molar-refractivity contribution in [1.29, 1.82) is 0 Å². The lowest BCUT2D eigenvalue weighted by atomic mass is 9.83. The Labute approximate surface area is 89.1 Å². The number of hydrogen-bond acceptors (Lipinski definition) is 2. The lowest BCUT2D eigenvalue weighted by Gasteiger charge is -2.32. The lowest BCUT2D eigenvalue weighted by Crippen LogP contribution is -2.34. The molecule has 1 N–H and O–H groups in total. The second kappa shape index (κ2) is 5.26. The number of rotatable bonds is 6. The monoisotopic (exact) mass is 203 g/mol. The first-order valence-corrected chi connectivity index (χ1v) is 5.65. The van der Waals surface area contributed by atoms with Crippen molar-refractivity contribution in [3.63, 3.8) is 0 Å². The van der Waals surface area contributed by atoms with E-state index in [4.69, 9.17) is 0 Å². The molecule has 0 rings (SSSR count). The van der Waals surface area contributed by atoms with Crippen molar-refractivity contribution in [3.05, 3.63) is 0 Å². The van der Waals surface area contributed by atoms with Gasteiger partial charge in [-0.15, -0.1) is 0 Å². The van der Waals surface area contributed by atoms with Gasteiger partial charge in [-0.3, -0.25) is 0 Å². The summed E-state index contributed by atoms with van der Waals surface area (Å²) in [7, 11) is 0. The molecular formula is C11H25NS. The minimum atomic E-state index is 0.136. The van der Waals surface area contributed by atoms with E-state index < -0.39 is 0 Å². The highest BCUT2D eigenvalue weighted by Gasteiger charge is 2.25. The highest BCUT2D eigenvalue weighted by molar-refractivity contribution is 7.81. The summed E-state index contributed by atoms with van der Waals surface area (Å²) in [5.74, 6) is 0.